The van der Waals surface area contributed by atoms with Gasteiger partial charge in [0, 0.05) is 5.56 Å². The minimum absolute atomic E-state index is 0.152. The maximum atomic E-state index is 12.9. The molecule has 3 rings (SSSR count). The highest BCUT2D eigenvalue weighted by Crippen LogP contribution is 2.27. The number of para-hydroxylation sites is 2. The second-order valence-corrected chi connectivity index (χ2v) is 5.94. The number of nitrogens with zero attached hydrogens (tertiary/aromatic N) is 1. The van der Waals surface area contributed by atoms with Crippen LogP contribution >= 0.6 is 0 Å². The van der Waals surface area contributed by atoms with E-state index in [-0.39, 0.29) is 11.3 Å². The fourth-order valence-electron chi connectivity index (χ4n) is 2.71. The van der Waals surface area contributed by atoms with Crippen molar-refractivity contribution in [1.82, 2.24) is 5.32 Å². The van der Waals surface area contributed by atoms with Crippen LogP contribution in [-0.4, -0.2) is 30.4 Å². The lowest BCUT2D eigenvalue weighted by molar-refractivity contribution is -0.307. The van der Waals surface area contributed by atoms with Crippen molar-refractivity contribution in [3.63, 3.8) is 0 Å². The highest BCUT2D eigenvalue weighted by atomic mass is 16.5. The minimum Gasteiger partial charge on any atom is -0.546 e. The molecule has 2 aromatic rings. The first kappa shape index (κ1) is 18.8. The third kappa shape index (κ3) is 3.75. The minimum atomic E-state index is -1.41. The average Bonchev–Trinajstić information content (AvgIpc) is 2.65. The van der Waals surface area contributed by atoms with Crippen molar-refractivity contribution in [3.05, 3.63) is 65.2 Å². The first-order chi connectivity index (χ1) is 13.4. The molecule has 4 amide bonds. The predicted molar refractivity (Wildman–Crippen MR) is 97.1 cm³/mol. The third-order valence-corrected chi connectivity index (χ3v) is 4.02. The number of hydrogen-bond acceptors (Lipinski definition) is 6. The van der Waals surface area contributed by atoms with Gasteiger partial charge in [0.1, 0.15) is 17.9 Å². The lowest BCUT2D eigenvalue weighted by Gasteiger charge is -2.27. The molecular formula is C20H15N2O6-. The highest BCUT2D eigenvalue weighted by Gasteiger charge is 2.37. The standard InChI is InChI=1S/C20H16N2O6/c1-12-6-2-4-8-15(12)22-19(26)14(18(25)21-20(22)27)10-13-7-3-5-9-16(13)28-11-17(23)24/h2-10H,11H2,1H3,(H,23,24)(H,21,25,27)/p-1/b14-10-. The summed E-state index contributed by atoms with van der Waals surface area (Å²) in [4.78, 5) is 49.0. The van der Waals surface area contributed by atoms with Gasteiger partial charge in [-0.2, -0.15) is 0 Å². The monoisotopic (exact) mass is 379 g/mol. The zero-order valence-corrected chi connectivity index (χ0v) is 14.8. The normalized spacial score (nSPS) is 15.5. The number of aliphatic carboxylic acids is 1. The number of rotatable bonds is 5. The number of amides is 4. The smallest absolute Gasteiger partial charge is 0.335 e. The number of nitrogens with one attached hydrogen (secondary N) is 1. The first-order valence-corrected chi connectivity index (χ1v) is 8.27. The fourth-order valence-corrected chi connectivity index (χ4v) is 2.71. The molecule has 0 bridgehead atoms. The predicted octanol–water partition coefficient (Wildman–Crippen LogP) is 0.790. The molecule has 8 heteroatoms. The largest absolute Gasteiger partial charge is 0.546 e. The van der Waals surface area contributed by atoms with E-state index < -0.39 is 30.4 Å². The van der Waals surface area contributed by atoms with E-state index in [9.17, 15) is 24.3 Å². The molecule has 28 heavy (non-hydrogen) atoms. The van der Waals surface area contributed by atoms with Gasteiger partial charge in [-0.3, -0.25) is 14.9 Å². The highest BCUT2D eigenvalue weighted by molar-refractivity contribution is 6.39. The molecule has 1 fully saturated rings. The molecular weight excluding hydrogens is 364 g/mol. The van der Waals surface area contributed by atoms with Crippen LogP contribution in [0.1, 0.15) is 11.1 Å². The van der Waals surface area contributed by atoms with Crippen LogP contribution in [0.4, 0.5) is 10.5 Å². The topological polar surface area (TPSA) is 116 Å². The van der Waals surface area contributed by atoms with Crippen molar-refractivity contribution in [1.29, 1.82) is 0 Å². The number of carbonyl (C=O) groups excluding carboxylic acids is 4. The maximum absolute atomic E-state index is 12.9. The average molecular weight is 379 g/mol. The Morgan fingerprint density at radius 1 is 1.11 bits per heavy atom. The summed E-state index contributed by atoms with van der Waals surface area (Å²) in [6.45, 7) is 1.05. The summed E-state index contributed by atoms with van der Waals surface area (Å²) < 4.78 is 5.13. The van der Waals surface area contributed by atoms with E-state index in [0.717, 1.165) is 4.90 Å². The molecule has 1 saturated heterocycles. The number of ether oxygens (including phenoxy) is 1. The van der Waals surface area contributed by atoms with E-state index in [2.05, 4.69) is 5.32 Å². The summed E-state index contributed by atoms with van der Waals surface area (Å²) >= 11 is 0. The van der Waals surface area contributed by atoms with Crippen molar-refractivity contribution >= 4 is 35.6 Å². The van der Waals surface area contributed by atoms with Crippen molar-refractivity contribution in [2.75, 3.05) is 11.5 Å². The van der Waals surface area contributed by atoms with Crippen LogP contribution in [0.3, 0.4) is 0 Å². The van der Waals surface area contributed by atoms with E-state index in [4.69, 9.17) is 4.74 Å². The number of carboxylic acids is 1. The van der Waals surface area contributed by atoms with Gasteiger partial charge in [0.25, 0.3) is 11.8 Å². The molecule has 0 radical (unpaired) electrons. The van der Waals surface area contributed by atoms with E-state index in [1.165, 1.54) is 12.1 Å². The van der Waals surface area contributed by atoms with Crippen LogP contribution in [0.2, 0.25) is 0 Å². The molecule has 142 valence electrons. The number of aryl methyl sites for hydroxylation is 1. The van der Waals surface area contributed by atoms with Gasteiger partial charge in [-0.15, -0.1) is 0 Å². The van der Waals surface area contributed by atoms with Gasteiger partial charge in [0.05, 0.1) is 11.7 Å². The van der Waals surface area contributed by atoms with E-state index >= 15 is 0 Å². The Bertz CT molecular complexity index is 1010. The maximum Gasteiger partial charge on any atom is 0.335 e. The molecule has 2 aromatic carbocycles. The first-order valence-electron chi connectivity index (χ1n) is 8.27. The molecule has 0 aliphatic carbocycles. The Morgan fingerprint density at radius 3 is 2.50 bits per heavy atom. The zero-order chi connectivity index (χ0) is 20.3. The summed E-state index contributed by atoms with van der Waals surface area (Å²) in [5, 5.41) is 12.8. The molecule has 0 saturated carbocycles. The van der Waals surface area contributed by atoms with E-state index in [0.29, 0.717) is 16.8 Å². The van der Waals surface area contributed by atoms with Gasteiger partial charge in [-0.1, -0.05) is 36.4 Å². The Morgan fingerprint density at radius 2 is 1.79 bits per heavy atom. The second kappa shape index (κ2) is 7.75. The van der Waals surface area contributed by atoms with Gasteiger partial charge < -0.3 is 14.6 Å². The second-order valence-electron chi connectivity index (χ2n) is 5.94. The quantitative estimate of drug-likeness (QED) is 0.607. The number of imide groups is 2. The molecule has 1 heterocycles. The van der Waals surface area contributed by atoms with Crippen LogP contribution in [0, 0.1) is 6.92 Å². The summed E-state index contributed by atoms with van der Waals surface area (Å²) in [6, 6.07) is 12.2. The van der Waals surface area contributed by atoms with Crippen molar-refractivity contribution < 1.29 is 29.0 Å². The van der Waals surface area contributed by atoms with Crippen molar-refractivity contribution in [2.24, 2.45) is 0 Å². The van der Waals surface area contributed by atoms with Crippen LogP contribution in [-0.2, 0) is 14.4 Å². The Hall–Kier alpha value is -3.94. The fraction of sp³-hybridized carbons (Fsp3) is 0.100. The number of urea groups is 1. The summed E-state index contributed by atoms with van der Waals surface area (Å²) in [7, 11) is 0. The summed E-state index contributed by atoms with van der Waals surface area (Å²) in [5.74, 6) is -2.91. The number of anilines is 1. The summed E-state index contributed by atoms with van der Waals surface area (Å²) in [6.07, 6.45) is 1.25. The Labute approximate surface area is 160 Å². The molecule has 0 aromatic heterocycles. The number of benzene rings is 2. The third-order valence-electron chi connectivity index (χ3n) is 4.02. The van der Waals surface area contributed by atoms with E-state index in [1.54, 1.807) is 49.4 Å². The van der Waals surface area contributed by atoms with Gasteiger partial charge in [0.15, 0.2) is 0 Å². The molecule has 1 aliphatic rings. The molecule has 1 N–H and O–H groups in total. The van der Waals surface area contributed by atoms with Gasteiger partial charge in [-0.25, -0.2) is 9.69 Å². The van der Waals surface area contributed by atoms with Crippen LogP contribution < -0.4 is 20.1 Å². The van der Waals surface area contributed by atoms with Gasteiger partial charge in [0.2, 0.25) is 0 Å². The lowest BCUT2D eigenvalue weighted by Crippen LogP contribution is -2.54. The Kier molecular flexibility index (Phi) is 5.21. The molecule has 1 aliphatic heterocycles. The van der Waals surface area contributed by atoms with Gasteiger partial charge in [-0.05, 0) is 30.7 Å². The molecule has 0 spiro atoms. The van der Waals surface area contributed by atoms with Crippen molar-refractivity contribution in [3.8, 4) is 5.75 Å². The molecule has 0 unspecified atom stereocenters. The number of carbonyl (C=O) groups is 4. The number of barbiturate groups is 1. The number of hydrogen-bond donors (Lipinski definition) is 1. The molecule has 0 atom stereocenters. The Balaban J connectivity index is 2.01. The summed E-state index contributed by atoms with van der Waals surface area (Å²) in [5.41, 5.74) is 1.05. The van der Waals surface area contributed by atoms with E-state index in [1.807, 2.05) is 0 Å². The van der Waals surface area contributed by atoms with Crippen LogP contribution in [0.5, 0.6) is 5.75 Å². The number of carboxylic acid groups (broad SMARTS) is 1. The van der Waals surface area contributed by atoms with Gasteiger partial charge >= 0.3 is 6.03 Å². The SMILES string of the molecule is Cc1ccccc1N1C(=O)NC(=O)/C(=C/c2ccccc2OCC(=O)[O-])C1=O. The zero-order valence-electron chi connectivity index (χ0n) is 14.8. The lowest BCUT2D eigenvalue weighted by atomic mass is 10.1. The van der Waals surface area contributed by atoms with Crippen molar-refractivity contribution in [2.45, 2.75) is 6.92 Å². The van der Waals surface area contributed by atoms with Crippen LogP contribution in [0.15, 0.2) is 54.1 Å². The van der Waals surface area contributed by atoms with Crippen LogP contribution in [0.25, 0.3) is 6.08 Å². The molecule has 8 nitrogen and oxygen atoms in total.